The van der Waals surface area contributed by atoms with Crippen molar-refractivity contribution in [3.63, 3.8) is 0 Å². The summed E-state index contributed by atoms with van der Waals surface area (Å²) < 4.78 is 0. The van der Waals surface area contributed by atoms with Crippen molar-refractivity contribution in [3.05, 3.63) is 35.9 Å². The average molecular weight is 290 g/mol. The van der Waals surface area contributed by atoms with Crippen LogP contribution in [0.15, 0.2) is 30.3 Å². The third kappa shape index (κ3) is 5.48. The van der Waals surface area contributed by atoms with Crippen LogP contribution in [0.1, 0.15) is 24.8 Å². The molecule has 0 bridgehead atoms. The molecule has 1 saturated heterocycles. The van der Waals surface area contributed by atoms with Gasteiger partial charge in [-0.05, 0) is 56.9 Å². The lowest BCUT2D eigenvalue weighted by molar-refractivity contribution is -0.138. The molecule has 0 aromatic heterocycles. The van der Waals surface area contributed by atoms with E-state index in [0.717, 1.165) is 39.0 Å². The Balaban J connectivity index is 1.78. The van der Waals surface area contributed by atoms with E-state index in [1.807, 2.05) is 6.07 Å². The Kier molecular flexibility index (Phi) is 6.21. The third-order valence-electron chi connectivity index (χ3n) is 4.38. The van der Waals surface area contributed by atoms with Crippen LogP contribution in [-0.4, -0.2) is 42.7 Å². The maximum Gasteiger partial charge on any atom is 0.303 e. The van der Waals surface area contributed by atoms with Gasteiger partial charge in [0, 0.05) is 13.0 Å². The van der Waals surface area contributed by atoms with Gasteiger partial charge in [0.15, 0.2) is 0 Å². The molecule has 0 radical (unpaired) electrons. The van der Waals surface area contributed by atoms with E-state index in [2.05, 4.69) is 41.5 Å². The van der Waals surface area contributed by atoms with Crippen molar-refractivity contribution >= 4 is 5.97 Å². The lowest BCUT2D eigenvalue weighted by atomic mass is 9.82. The van der Waals surface area contributed by atoms with Gasteiger partial charge in [0.25, 0.3) is 0 Å². The number of carboxylic acids is 1. The first kappa shape index (κ1) is 16.0. The molecule has 0 unspecified atom stereocenters. The Hall–Kier alpha value is -1.39. The van der Waals surface area contributed by atoms with E-state index in [1.54, 1.807) is 0 Å². The third-order valence-corrected chi connectivity index (χ3v) is 4.38. The van der Waals surface area contributed by atoms with Crippen molar-refractivity contribution in [2.75, 3.05) is 26.7 Å². The van der Waals surface area contributed by atoms with Crippen molar-refractivity contribution in [1.82, 2.24) is 10.2 Å². The standard InChI is InChI=1S/C17H26N2O2/c1-19(13-14-5-3-2-4-6-14)10-8-16-12-18-9-7-15(16)11-17(20)21/h2-6,15-16,18H,7-13H2,1H3,(H,20,21)/t15-,16-/m0/s1. The summed E-state index contributed by atoms with van der Waals surface area (Å²) in [5.41, 5.74) is 1.32. The fourth-order valence-electron chi connectivity index (χ4n) is 3.17. The molecule has 2 atom stereocenters. The van der Waals surface area contributed by atoms with Crippen LogP contribution in [0.2, 0.25) is 0 Å². The van der Waals surface area contributed by atoms with Crippen LogP contribution in [-0.2, 0) is 11.3 Å². The van der Waals surface area contributed by atoms with Crippen molar-refractivity contribution in [1.29, 1.82) is 0 Å². The van der Waals surface area contributed by atoms with Gasteiger partial charge in [-0.2, -0.15) is 0 Å². The molecule has 0 saturated carbocycles. The molecule has 116 valence electrons. The normalized spacial score (nSPS) is 22.4. The Morgan fingerprint density at radius 2 is 2.10 bits per heavy atom. The summed E-state index contributed by atoms with van der Waals surface area (Å²) >= 11 is 0. The number of piperidine rings is 1. The highest BCUT2D eigenvalue weighted by Crippen LogP contribution is 2.25. The SMILES string of the molecule is CN(CC[C@H]1CNCC[C@H]1CC(=O)O)Cc1ccccc1. The average Bonchev–Trinajstić information content (AvgIpc) is 2.47. The van der Waals surface area contributed by atoms with Crippen LogP contribution in [0.4, 0.5) is 0 Å². The first-order chi connectivity index (χ1) is 10.1. The highest BCUT2D eigenvalue weighted by Gasteiger charge is 2.26. The molecule has 0 amide bonds. The zero-order valence-corrected chi connectivity index (χ0v) is 12.8. The second-order valence-corrected chi connectivity index (χ2v) is 6.12. The van der Waals surface area contributed by atoms with Gasteiger partial charge in [0.05, 0.1) is 0 Å². The second-order valence-electron chi connectivity index (χ2n) is 6.12. The monoisotopic (exact) mass is 290 g/mol. The molecule has 1 aliphatic rings. The van der Waals surface area contributed by atoms with Crippen molar-refractivity contribution in [2.45, 2.75) is 25.8 Å². The molecular formula is C17H26N2O2. The summed E-state index contributed by atoms with van der Waals surface area (Å²) in [6, 6.07) is 10.5. The summed E-state index contributed by atoms with van der Waals surface area (Å²) in [5, 5.41) is 12.4. The van der Waals surface area contributed by atoms with Crippen molar-refractivity contribution in [3.8, 4) is 0 Å². The topological polar surface area (TPSA) is 52.6 Å². The molecule has 4 heteroatoms. The molecule has 0 spiro atoms. The van der Waals surface area contributed by atoms with E-state index in [1.165, 1.54) is 5.56 Å². The smallest absolute Gasteiger partial charge is 0.303 e. The quantitative estimate of drug-likeness (QED) is 0.808. The number of benzene rings is 1. The van der Waals surface area contributed by atoms with Crippen molar-refractivity contribution in [2.24, 2.45) is 11.8 Å². The first-order valence-electron chi connectivity index (χ1n) is 7.80. The summed E-state index contributed by atoms with van der Waals surface area (Å²) in [5.74, 6) is 0.145. The summed E-state index contributed by atoms with van der Waals surface area (Å²) in [7, 11) is 2.13. The largest absolute Gasteiger partial charge is 0.481 e. The zero-order valence-electron chi connectivity index (χ0n) is 12.8. The molecule has 4 nitrogen and oxygen atoms in total. The fraction of sp³-hybridized carbons (Fsp3) is 0.588. The molecular weight excluding hydrogens is 264 g/mol. The molecule has 2 N–H and O–H groups in total. The van der Waals surface area contributed by atoms with E-state index in [-0.39, 0.29) is 0 Å². The van der Waals surface area contributed by atoms with Crippen LogP contribution in [0.25, 0.3) is 0 Å². The maximum absolute atomic E-state index is 11.0. The van der Waals surface area contributed by atoms with Crippen LogP contribution in [0.3, 0.4) is 0 Å². The summed E-state index contributed by atoms with van der Waals surface area (Å²) in [6.07, 6.45) is 2.36. The minimum absolute atomic E-state index is 0.314. The van der Waals surface area contributed by atoms with Crippen molar-refractivity contribution < 1.29 is 9.90 Å². The number of aliphatic carboxylic acids is 1. The maximum atomic E-state index is 11.0. The number of carbonyl (C=O) groups is 1. The number of rotatable bonds is 7. The number of nitrogens with one attached hydrogen (secondary N) is 1. The second kappa shape index (κ2) is 8.15. The van der Waals surface area contributed by atoms with E-state index >= 15 is 0 Å². The minimum atomic E-state index is -0.662. The highest BCUT2D eigenvalue weighted by molar-refractivity contribution is 5.67. The van der Waals surface area contributed by atoms with Gasteiger partial charge in [0.1, 0.15) is 0 Å². The van der Waals surface area contributed by atoms with Crippen LogP contribution < -0.4 is 5.32 Å². The van der Waals surface area contributed by atoms with E-state index < -0.39 is 5.97 Å². The number of hydrogen-bond acceptors (Lipinski definition) is 3. The molecule has 21 heavy (non-hydrogen) atoms. The van der Waals surface area contributed by atoms with Gasteiger partial charge in [0.2, 0.25) is 0 Å². The molecule has 1 aromatic carbocycles. The van der Waals surface area contributed by atoms with Gasteiger partial charge >= 0.3 is 5.97 Å². The minimum Gasteiger partial charge on any atom is -0.481 e. The zero-order chi connectivity index (χ0) is 15.1. The predicted molar refractivity (Wildman–Crippen MR) is 84.1 cm³/mol. The van der Waals surface area contributed by atoms with Crippen LogP contribution in [0.5, 0.6) is 0 Å². The predicted octanol–water partition coefficient (Wildman–Crippen LogP) is 2.21. The molecule has 0 aliphatic carbocycles. The molecule has 2 rings (SSSR count). The number of carboxylic acid groups (broad SMARTS) is 1. The summed E-state index contributed by atoms with van der Waals surface area (Å²) in [4.78, 5) is 13.3. The van der Waals surface area contributed by atoms with Gasteiger partial charge in [-0.1, -0.05) is 30.3 Å². The van der Waals surface area contributed by atoms with Crippen LogP contribution in [0, 0.1) is 11.8 Å². The van der Waals surface area contributed by atoms with Gasteiger partial charge < -0.3 is 15.3 Å². The molecule has 1 fully saturated rings. The van der Waals surface area contributed by atoms with E-state index in [0.29, 0.717) is 18.3 Å². The Bertz CT molecular complexity index is 436. The number of nitrogens with zero attached hydrogens (tertiary/aromatic N) is 1. The Labute approximate surface area is 127 Å². The fourth-order valence-corrected chi connectivity index (χ4v) is 3.17. The van der Waals surface area contributed by atoms with E-state index in [9.17, 15) is 4.79 Å². The Morgan fingerprint density at radius 3 is 2.81 bits per heavy atom. The molecule has 1 heterocycles. The van der Waals surface area contributed by atoms with Gasteiger partial charge in [-0.25, -0.2) is 0 Å². The van der Waals surface area contributed by atoms with Crippen LogP contribution >= 0.6 is 0 Å². The highest BCUT2D eigenvalue weighted by atomic mass is 16.4. The van der Waals surface area contributed by atoms with Gasteiger partial charge in [-0.3, -0.25) is 4.79 Å². The Morgan fingerprint density at radius 1 is 1.33 bits per heavy atom. The first-order valence-corrected chi connectivity index (χ1v) is 7.80. The lowest BCUT2D eigenvalue weighted by Gasteiger charge is -2.32. The molecule has 1 aliphatic heterocycles. The lowest BCUT2D eigenvalue weighted by Crippen LogP contribution is -2.39. The van der Waals surface area contributed by atoms with Gasteiger partial charge in [-0.15, -0.1) is 0 Å². The van der Waals surface area contributed by atoms with E-state index in [4.69, 9.17) is 5.11 Å². The molecule has 1 aromatic rings. The number of hydrogen-bond donors (Lipinski definition) is 2. The summed E-state index contributed by atoms with van der Waals surface area (Å²) in [6.45, 7) is 3.87.